The quantitative estimate of drug-likeness (QED) is 0.654. The third-order valence-corrected chi connectivity index (χ3v) is 2.24. The zero-order valence-corrected chi connectivity index (χ0v) is 9.25. The second-order valence-electron chi connectivity index (χ2n) is 3.93. The van der Waals surface area contributed by atoms with Gasteiger partial charge in [0.25, 0.3) is 8.53 Å². The highest BCUT2D eigenvalue weighted by Gasteiger charge is 2.16. The first kappa shape index (κ1) is 12.3. The van der Waals surface area contributed by atoms with Crippen LogP contribution < -0.4 is 0 Å². The Balaban J connectivity index is 3.87. The third-order valence-electron chi connectivity index (χ3n) is 1.40. The van der Waals surface area contributed by atoms with Gasteiger partial charge in [-0.3, -0.25) is 0 Å². The molecule has 4 heteroatoms. The van der Waals surface area contributed by atoms with Gasteiger partial charge in [0.2, 0.25) is 0 Å². The number of hydrogen-bond donors (Lipinski definition) is 2. The van der Waals surface area contributed by atoms with E-state index in [1.807, 2.05) is 0 Å². The monoisotopic (exact) mass is 193 g/mol. The minimum Gasteiger partial charge on any atom is -0.338 e. The van der Waals surface area contributed by atoms with E-state index in [-0.39, 0.29) is 0 Å². The maximum absolute atomic E-state index is 9.06. The molecule has 0 heterocycles. The van der Waals surface area contributed by atoms with Crippen LogP contribution in [0.4, 0.5) is 0 Å². The van der Waals surface area contributed by atoms with E-state index in [1.165, 1.54) is 0 Å². The Morgan fingerprint density at radius 2 is 1.33 bits per heavy atom. The number of nitrogens with zero attached hydrogens (tertiary/aromatic N) is 1. The van der Waals surface area contributed by atoms with Gasteiger partial charge in [-0.05, 0) is 11.8 Å². The van der Waals surface area contributed by atoms with E-state index in [4.69, 9.17) is 9.79 Å². The molecule has 0 aliphatic carbocycles. The molecular formula is C8H20NO2P. The van der Waals surface area contributed by atoms with E-state index < -0.39 is 8.53 Å². The Bertz CT molecular complexity index is 108. The highest BCUT2D eigenvalue weighted by Crippen LogP contribution is 2.31. The summed E-state index contributed by atoms with van der Waals surface area (Å²) in [5.74, 6) is 0.959. The lowest BCUT2D eigenvalue weighted by molar-refractivity contribution is 0.289. The summed E-state index contributed by atoms with van der Waals surface area (Å²) < 4.78 is 1.74. The SMILES string of the molecule is CC(C)CN(CC(C)C)P(O)O. The van der Waals surface area contributed by atoms with E-state index in [2.05, 4.69) is 27.7 Å². The van der Waals surface area contributed by atoms with Crippen molar-refractivity contribution in [2.45, 2.75) is 27.7 Å². The maximum atomic E-state index is 9.06. The summed E-state index contributed by atoms with van der Waals surface area (Å²) >= 11 is 0. The second-order valence-corrected chi connectivity index (χ2v) is 5.03. The summed E-state index contributed by atoms with van der Waals surface area (Å²) in [6, 6.07) is 0. The molecule has 2 N–H and O–H groups in total. The average Bonchev–Trinajstić information content (AvgIpc) is 1.83. The largest absolute Gasteiger partial charge is 0.338 e. The van der Waals surface area contributed by atoms with Gasteiger partial charge in [0.1, 0.15) is 0 Å². The summed E-state index contributed by atoms with van der Waals surface area (Å²) in [5.41, 5.74) is 0. The first-order chi connectivity index (χ1) is 5.43. The standard InChI is InChI=1S/C8H20NO2P/c1-7(2)5-9(12(10)11)6-8(3)4/h7-8,10-11H,5-6H2,1-4H3. The lowest BCUT2D eigenvalue weighted by atomic mass is 10.2. The first-order valence-electron chi connectivity index (χ1n) is 4.36. The lowest BCUT2D eigenvalue weighted by Crippen LogP contribution is -2.26. The molecule has 0 amide bonds. The van der Waals surface area contributed by atoms with Crippen LogP contribution in [0.1, 0.15) is 27.7 Å². The van der Waals surface area contributed by atoms with E-state index >= 15 is 0 Å². The van der Waals surface area contributed by atoms with Gasteiger partial charge in [0.15, 0.2) is 0 Å². The Morgan fingerprint density at radius 3 is 1.50 bits per heavy atom. The predicted octanol–water partition coefficient (Wildman–Crippen LogP) is 1.81. The van der Waals surface area contributed by atoms with Crippen molar-refractivity contribution in [2.24, 2.45) is 11.8 Å². The van der Waals surface area contributed by atoms with Crippen molar-refractivity contribution in [1.29, 1.82) is 0 Å². The molecule has 0 aromatic carbocycles. The van der Waals surface area contributed by atoms with Crippen molar-refractivity contribution in [1.82, 2.24) is 4.67 Å². The summed E-state index contributed by atoms with van der Waals surface area (Å²) in [7, 11) is -1.90. The number of rotatable bonds is 5. The topological polar surface area (TPSA) is 43.7 Å². The van der Waals surface area contributed by atoms with Gasteiger partial charge < -0.3 is 9.79 Å². The van der Waals surface area contributed by atoms with Crippen molar-refractivity contribution in [3.63, 3.8) is 0 Å². The van der Waals surface area contributed by atoms with Crippen LogP contribution in [0.5, 0.6) is 0 Å². The van der Waals surface area contributed by atoms with Gasteiger partial charge in [-0.2, -0.15) is 0 Å². The molecule has 12 heavy (non-hydrogen) atoms. The van der Waals surface area contributed by atoms with E-state index in [1.54, 1.807) is 4.67 Å². The minimum atomic E-state index is -1.90. The molecule has 0 spiro atoms. The molecule has 0 saturated heterocycles. The molecule has 0 aromatic rings. The molecule has 0 bridgehead atoms. The van der Waals surface area contributed by atoms with Crippen LogP contribution in [0, 0.1) is 11.8 Å². The van der Waals surface area contributed by atoms with E-state index in [0.717, 1.165) is 13.1 Å². The lowest BCUT2D eigenvalue weighted by Gasteiger charge is -2.25. The molecule has 74 valence electrons. The van der Waals surface area contributed by atoms with Crippen molar-refractivity contribution < 1.29 is 9.79 Å². The van der Waals surface area contributed by atoms with Crippen LogP contribution in [0.2, 0.25) is 0 Å². The molecule has 0 rings (SSSR count). The Kier molecular flexibility index (Phi) is 6.02. The van der Waals surface area contributed by atoms with Gasteiger partial charge in [-0.1, -0.05) is 27.7 Å². The minimum absolute atomic E-state index is 0.480. The van der Waals surface area contributed by atoms with Crippen LogP contribution in [0.3, 0.4) is 0 Å². The molecule has 0 aliphatic heterocycles. The summed E-state index contributed by atoms with van der Waals surface area (Å²) in [6.45, 7) is 9.82. The fourth-order valence-corrected chi connectivity index (χ4v) is 2.01. The van der Waals surface area contributed by atoms with Gasteiger partial charge >= 0.3 is 0 Å². The zero-order chi connectivity index (χ0) is 9.72. The molecule has 0 saturated carbocycles. The molecule has 0 fully saturated rings. The smallest absolute Gasteiger partial charge is 0.253 e. The Morgan fingerprint density at radius 1 is 1.00 bits per heavy atom. The van der Waals surface area contributed by atoms with Crippen LogP contribution in [-0.2, 0) is 0 Å². The summed E-state index contributed by atoms with van der Waals surface area (Å²) in [5, 5.41) is 0. The molecule has 0 atom stereocenters. The van der Waals surface area contributed by atoms with Gasteiger partial charge in [0.05, 0.1) is 0 Å². The molecular weight excluding hydrogens is 173 g/mol. The normalized spacial score (nSPS) is 12.5. The summed E-state index contributed by atoms with van der Waals surface area (Å²) in [4.78, 5) is 18.1. The third kappa shape index (κ3) is 5.90. The number of hydrogen-bond acceptors (Lipinski definition) is 3. The van der Waals surface area contributed by atoms with Crippen molar-refractivity contribution in [3.8, 4) is 0 Å². The van der Waals surface area contributed by atoms with Gasteiger partial charge in [0, 0.05) is 13.1 Å². The van der Waals surface area contributed by atoms with Crippen molar-refractivity contribution in [3.05, 3.63) is 0 Å². The Labute approximate surface area is 76.4 Å². The molecule has 3 nitrogen and oxygen atoms in total. The zero-order valence-electron chi connectivity index (χ0n) is 8.36. The van der Waals surface area contributed by atoms with Crippen LogP contribution in [0.25, 0.3) is 0 Å². The predicted molar refractivity (Wildman–Crippen MR) is 52.6 cm³/mol. The van der Waals surface area contributed by atoms with Gasteiger partial charge in [-0.25, -0.2) is 4.67 Å². The highest BCUT2D eigenvalue weighted by atomic mass is 31.2. The molecule has 0 aromatic heterocycles. The fourth-order valence-electron chi connectivity index (χ4n) is 1.06. The maximum Gasteiger partial charge on any atom is 0.253 e. The Hall–Kier alpha value is 0.310. The molecule has 0 radical (unpaired) electrons. The van der Waals surface area contributed by atoms with E-state index in [0.29, 0.717) is 11.8 Å². The molecule has 0 unspecified atom stereocenters. The average molecular weight is 193 g/mol. The van der Waals surface area contributed by atoms with Crippen LogP contribution in [0.15, 0.2) is 0 Å². The van der Waals surface area contributed by atoms with Crippen LogP contribution in [-0.4, -0.2) is 27.5 Å². The van der Waals surface area contributed by atoms with Crippen molar-refractivity contribution in [2.75, 3.05) is 13.1 Å². The van der Waals surface area contributed by atoms with Crippen molar-refractivity contribution >= 4 is 8.53 Å². The highest BCUT2D eigenvalue weighted by molar-refractivity contribution is 7.42. The summed E-state index contributed by atoms with van der Waals surface area (Å²) in [6.07, 6.45) is 0. The van der Waals surface area contributed by atoms with E-state index in [9.17, 15) is 0 Å². The fraction of sp³-hybridized carbons (Fsp3) is 1.00. The van der Waals surface area contributed by atoms with Gasteiger partial charge in [-0.15, -0.1) is 0 Å². The first-order valence-corrected chi connectivity index (χ1v) is 5.56. The molecule has 0 aliphatic rings. The van der Waals surface area contributed by atoms with Crippen LogP contribution >= 0.6 is 8.53 Å². The second kappa shape index (κ2) is 5.87.